The Morgan fingerprint density at radius 2 is 0.219 bits per heavy atom. The van der Waals surface area contributed by atoms with Gasteiger partial charge in [-0.05, 0) is 0 Å². The first-order valence-corrected chi connectivity index (χ1v) is 28.3. The van der Waals surface area contributed by atoms with E-state index in [1.165, 1.54) is 0 Å². The molecule has 1 unspecified atom stereocenters. The molecule has 1 aliphatic heterocycles. The van der Waals surface area contributed by atoms with Crippen molar-refractivity contribution in [2.75, 3.05) is 52.4 Å². The number of nitrogens with one attached hydrogen (secondary N) is 8. The standard InChI is InChI=1S/C48H88N8O40/c57-9-1-49-41(89)33(81)26(74)18(66)10(58)2-51-43(91)35(83)28(76)20(68)12(60)4-53-45(93)37(85)30(78)22(70)14(62)6-55-47(95)39(87)32(80)24(72)16(64)8-56-48(96)40(88)31(79)23(71)15(63)7-54-46(94)38(86)29(77)21(69)13(61)5-52-44(92)36(84)27(75)19(67)11(59)3-50-42(90)34(82)25(73)17(9)65/h9-40,57-88H,1-8H2,(H,49,89)(H,50,90)(H,51,91)(H,52,92)(H,53,93)(H,54,94)(H,55,95)(H,56,96)/t9-,10-,11-,12-,13-,14-,15-,16?,17+,18+,19+,20+,21+,22+,23+,24+,25+,26+,27+,28+,29+,30+,31+,32+,33-,34-,35-,36-,37-,38-,39-,40-/m1/s1. The summed E-state index contributed by atoms with van der Waals surface area (Å²) in [4.78, 5) is 100. The Balaban J connectivity index is 3.30. The van der Waals surface area contributed by atoms with Gasteiger partial charge in [0, 0.05) is 52.4 Å². The van der Waals surface area contributed by atoms with Gasteiger partial charge in [-0.3, -0.25) is 38.4 Å². The van der Waals surface area contributed by atoms with Crippen molar-refractivity contribution in [2.45, 2.75) is 195 Å². The Morgan fingerprint density at radius 1 is 0.146 bits per heavy atom. The zero-order chi connectivity index (χ0) is 74.4. The van der Waals surface area contributed by atoms with Crippen LogP contribution in [0.3, 0.4) is 0 Å². The van der Waals surface area contributed by atoms with Crippen LogP contribution in [-0.2, 0) is 38.4 Å². The average molecular weight is 1420 g/mol. The van der Waals surface area contributed by atoms with Gasteiger partial charge in [-0.1, -0.05) is 0 Å². The lowest BCUT2D eigenvalue weighted by molar-refractivity contribution is -0.154. The van der Waals surface area contributed by atoms with Crippen LogP contribution in [0.1, 0.15) is 0 Å². The van der Waals surface area contributed by atoms with Crippen LogP contribution < -0.4 is 42.5 Å². The van der Waals surface area contributed by atoms with Gasteiger partial charge in [0.2, 0.25) is 0 Å². The fourth-order valence-electron chi connectivity index (χ4n) is 8.00. The fraction of sp³-hybridized carbons (Fsp3) is 0.833. The van der Waals surface area contributed by atoms with Gasteiger partial charge in [0.15, 0.2) is 48.8 Å². The Hall–Kier alpha value is -5.52. The molecule has 0 radical (unpaired) electrons. The SMILES string of the molecule is O=C1NC[C@@H](O)[C@H](O)[C@H](O)[C@@H](O)C(=O)NC[C@@H](O)[C@H](O)[C@H](O)[C@@H](O)C(=O)NC[C@@H](O)[C@H](O)[C@H](O)[C@@H](O)C(=O)NC[C@@H](O)[C@H](O)[C@H](O)[C@@H](O)C(=O)NC[C@@H](O)[C@H](O)[C@H](O)[C@@H](O)C(=O)NC[C@@H](O)[C@H](O)[C@H](O)[C@@H](O)C(=O)NC[C@@H](O)[C@H](O)[C@H](O)[C@@H](O)C(=O)NCC(O)[C@H](O)[C@H](O)[C@H]1O. The third kappa shape index (κ3) is 25.6. The predicted octanol–water partition coefficient (Wildman–Crippen LogP) is -27.5. The number of rotatable bonds is 0. The molecule has 1 rings (SSSR count). The molecule has 0 aromatic carbocycles. The second-order valence-corrected chi connectivity index (χ2v) is 21.9. The molecule has 0 saturated carbocycles. The number of hydrogen-bond donors (Lipinski definition) is 40. The maximum atomic E-state index is 12.5. The van der Waals surface area contributed by atoms with Crippen LogP contribution in [0.25, 0.3) is 0 Å². The smallest absolute Gasteiger partial charge is 0.251 e. The number of carbonyl (C=O) groups excluding carboxylic acids is 8. The summed E-state index contributed by atoms with van der Waals surface area (Å²) in [7, 11) is 0. The normalized spacial score (nSPS) is 43.5. The lowest BCUT2D eigenvalue weighted by Gasteiger charge is -2.29. The van der Waals surface area contributed by atoms with E-state index < -0.39 is 295 Å². The summed E-state index contributed by atoms with van der Waals surface area (Å²) in [5.41, 5.74) is 0. The molecule has 1 fully saturated rings. The second kappa shape index (κ2) is 41.1. The predicted molar refractivity (Wildman–Crippen MR) is 296 cm³/mol. The highest BCUT2D eigenvalue weighted by atomic mass is 16.4. The van der Waals surface area contributed by atoms with Crippen LogP contribution >= 0.6 is 0 Å². The first-order valence-electron chi connectivity index (χ1n) is 28.3. The van der Waals surface area contributed by atoms with Gasteiger partial charge in [-0.25, -0.2) is 0 Å². The van der Waals surface area contributed by atoms with E-state index >= 15 is 0 Å². The minimum atomic E-state index is -2.77. The van der Waals surface area contributed by atoms with E-state index in [1.54, 1.807) is 42.5 Å². The number of hydrogen-bond acceptors (Lipinski definition) is 40. The molecule has 1 heterocycles. The number of aliphatic hydroxyl groups excluding tert-OH is 32. The summed E-state index contributed by atoms with van der Waals surface area (Å²) in [6.45, 7) is -9.78. The fourth-order valence-corrected chi connectivity index (χ4v) is 8.00. The summed E-state index contributed by atoms with van der Waals surface area (Å²) < 4.78 is 0. The lowest BCUT2D eigenvalue weighted by atomic mass is 9.99. The minimum absolute atomic E-state index is 1.22. The highest BCUT2D eigenvalue weighted by Crippen LogP contribution is 2.15. The van der Waals surface area contributed by atoms with E-state index in [-0.39, 0.29) is 0 Å². The van der Waals surface area contributed by atoms with Crippen molar-refractivity contribution < 1.29 is 202 Å². The molecule has 48 nitrogen and oxygen atoms in total. The topological polar surface area (TPSA) is 880 Å². The maximum absolute atomic E-state index is 12.5. The number of aliphatic hydroxyl groups is 32. The molecule has 96 heavy (non-hydrogen) atoms. The summed E-state index contributed by atoms with van der Waals surface area (Å²) in [5, 5.41) is 343. The Bertz CT molecular complexity index is 1960. The molecule has 8 amide bonds. The number of carbonyl (C=O) groups is 8. The van der Waals surface area contributed by atoms with E-state index in [9.17, 15) is 202 Å². The summed E-state index contributed by atoms with van der Waals surface area (Å²) in [6, 6.07) is 0. The van der Waals surface area contributed by atoms with Gasteiger partial charge < -0.3 is 206 Å². The summed E-state index contributed by atoms with van der Waals surface area (Å²) in [6.07, 6.45) is -83.9. The van der Waals surface area contributed by atoms with Gasteiger partial charge in [-0.2, -0.15) is 0 Å². The monoisotopic (exact) mass is 1420 g/mol. The van der Waals surface area contributed by atoms with Gasteiger partial charge in [-0.15, -0.1) is 0 Å². The van der Waals surface area contributed by atoms with Gasteiger partial charge in [0.05, 0.1) is 48.8 Å². The highest BCUT2D eigenvalue weighted by Gasteiger charge is 2.44. The Labute approximate surface area is 538 Å². The van der Waals surface area contributed by atoms with E-state index in [0.29, 0.717) is 0 Å². The molecule has 1 saturated heterocycles. The van der Waals surface area contributed by atoms with Gasteiger partial charge >= 0.3 is 0 Å². The molecule has 40 N–H and O–H groups in total. The van der Waals surface area contributed by atoms with E-state index in [1.807, 2.05) is 0 Å². The van der Waals surface area contributed by atoms with Crippen LogP contribution in [0, 0.1) is 0 Å². The second-order valence-electron chi connectivity index (χ2n) is 21.9. The van der Waals surface area contributed by atoms with Crippen LogP contribution in [0.5, 0.6) is 0 Å². The molecule has 48 heteroatoms. The molecule has 0 aromatic rings. The zero-order valence-electron chi connectivity index (χ0n) is 49.7. The van der Waals surface area contributed by atoms with E-state index in [4.69, 9.17) is 0 Å². The summed E-state index contributed by atoms with van der Waals surface area (Å²) >= 11 is 0. The third-order valence-corrected chi connectivity index (χ3v) is 14.6. The van der Waals surface area contributed by atoms with Gasteiger partial charge in [0.1, 0.15) is 97.7 Å². The Morgan fingerprint density at radius 3 is 0.292 bits per heavy atom. The van der Waals surface area contributed by atoms with E-state index in [2.05, 4.69) is 0 Å². The summed E-state index contributed by atoms with van der Waals surface area (Å²) in [5.74, 6) is -13.8. The molecule has 560 valence electrons. The van der Waals surface area contributed by atoms with Crippen LogP contribution in [0.4, 0.5) is 0 Å². The highest BCUT2D eigenvalue weighted by molar-refractivity contribution is 5.84. The van der Waals surface area contributed by atoms with Crippen molar-refractivity contribution in [3.8, 4) is 0 Å². The quantitative estimate of drug-likeness (QED) is 0.107. The van der Waals surface area contributed by atoms with Crippen LogP contribution in [0.15, 0.2) is 0 Å². The van der Waals surface area contributed by atoms with Crippen LogP contribution in [-0.4, -0.2) is 458 Å². The molecule has 0 bridgehead atoms. The zero-order valence-corrected chi connectivity index (χ0v) is 49.7. The maximum Gasteiger partial charge on any atom is 0.251 e. The minimum Gasteiger partial charge on any atom is -0.388 e. The molecule has 0 aromatic heterocycles. The van der Waals surface area contributed by atoms with Gasteiger partial charge in [0.25, 0.3) is 47.3 Å². The molecule has 32 atom stereocenters. The third-order valence-electron chi connectivity index (χ3n) is 14.6. The average Bonchev–Trinajstić information content (AvgIpc) is 0.981. The van der Waals surface area contributed by atoms with Crippen LogP contribution in [0.2, 0.25) is 0 Å². The number of amides is 8. The Kier molecular flexibility index (Phi) is 37.9. The first kappa shape index (κ1) is 88.5. The largest absolute Gasteiger partial charge is 0.388 e. The molecule has 0 spiro atoms. The molecule has 0 aliphatic carbocycles. The van der Waals surface area contributed by atoms with Crippen molar-refractivity contribution in [2.24, 2.45) is 0 Å². The molecular weight excluding hydrogens is 1330 g/mol. The van der Waals surface area contributed by atoms with Crippen molar-refractivity contribution in [3.63, 3.8) is 0 Å². The van der Waals surface area contributed by atoms with Crippen molar-refractivity contribution >= 4 is 47.3 Å². The first-order chi connectivity index (χ1) is 44.3. The molecular formula is C48H88N8O40. The van der Waals surface area contributed by atoms with Crippen molar-refractivity contribution in [1.29, 1.82) is 0 Å². The van der Waals surface area contributed by atoms with Crippen molar-refractivity contribution in [1.82, 2.24) is 42.5 Å². The molecule has 1 aliphatic rings. The number of β-amino-alcohol motifs (C(OH)–C–C–N with tert-alkyl or cyclic N) is 8. The van der Waals surface area contributed by atoms with E-state index in [0.717, 1.165) is 0 Å². The lowest BCUT2D eigenvalue weighted by Crippen LogP contribution is -2.58. The van der Waals surface area contributed by atoms with Crippen molar-refractivity contribution in [3.05, 3.63) is 0 Å².